The first-order valence-corrected chi connectivity index (χ1v) is 6.42. The summed E-state index contributed by atoms with van der Waals surface area (Å²) in [5.74, 6) is 0.647. The SMILES string of the molecule is CC(CN)CCC(=O)NC1CCC(C)(C)C1. The van der Waals surface area contributed by atoms with Crippen LogP contribution < -0.4 is 11.1 Å². The van der Waals surface area contributed by atoms with E-state index in [9.17, 15) is 4.79 Å². The highest BCUT2D eigenvalue weighted by molar-refractivity contribution is 5.76. The second kappa shape index (κ2) is 5.67. The molecule has 3 nitrogen and oxygen atoms in total. The first kappa shape index (κ1) is 13.5. The zero-order valence-electron chi connectivity index (χ0n) is 10.9. The molecule has 0 radical (unpaired) electrons. The van der Waals surface area contributed by atoms with Gasteiger partial charge in [0.25, 0.3) is 0 Å². The number of hydrogen-bond donors (Lipinski definition) is 2. The number of carbonyl (C=O) groups is 1. The second-order valence-electron chi connectivity index (χ2n) is 6.05. The van der Waals surface area contributed by atoms with E-state index in [0.717, 1.165) is 19.3 Å². The minimum atomic E-state index is 0.197. The van der Waals surface area contributed by atoms with Crippen molar-refractivity contribution in [3.63, 3.8) is 0 Å². The monoisotopic (exact) mass is 226 g/mol. The van der Waals surface area contributed by atoms with Gasteiger partial charge in [-0.2, -0.15) is 0 Å². The van der Waals surface area contributed by atoms with Crippen molar-refractivity contribution in [2.24, 2.45) is 17.1 Å². The molecule has 2 unspecified atom stereocenters. The molecule has 2 atom stereocenters. The highest BCUT2D eigenvalue weighted by atomic mass is 16.1. The van der Waals surface area contributed by atoms with E-state index in [1.54, 1.807) is 0 Å². The Morgan fingerprint density at radius 1 is 1.56 bits per heavy atom. The summed E-state index contributed by atoms with van der Waals surface area (Å²) in [6.07, 6.45) is 4.99. The van der Waals surface area contributed by atoms with Crippen LogP contribution in [0.15, 0.2) is 0 Å². The van der Waals surface area contributed by atoms with Crippen LogP contribution >= 0.6 is 0 Å². The Hall–Kier alpha value is -0.570. The van der Waals surface area contributed by atoms with Crippen LogP contribution in [-0.2, 0) is 4.79 Å². The minimum Gasteiger partial charge on any atom is -0.353 e. The molecule has 0 aromatic carbocycles. The van der Waals surface area contributed by atoms with E-state index in [4.69, 9.17) is 5.73 Å². The first-order chi connectivity index (χ1) is 7.43. The van der Waals surface area contributed by atoms with Crippen molar-refractivity contribution in [2.75, 3.05) is 6.54 Å². The van der Waals surface area contributed by atoms with Crippen molar-refractivity contribution in [1.82, 2.24) is 5.32 Å². The van der Waals surface area contributed by atoms with Gasteiger partial charge in [0.1, 0.15) is 0 Å². The molecular weight excluding hydrogens is 200 g/mol. The lowest BCUT2D eigenvalue weighted by atomic mass is 9.92. The smallest absolute Gasteiger partial charge is 0.220 e. The van der Waals surface area contributed by atoms with Crippen LogP contribution in [0.3, 0.4) is 0 Å². The molecule has 16 heavy (non-hydrogen) atoms. The maximum Gasteiger partial charge on any atom is 0.220 e. The molecule has 0 spiro atoms. The number of rotatable bonds is 5. The van der Waals surface area contributed by atoms with Crippen LogP contribution in [-0.4, -0.2) is 18.5 Å². The average Bonchev–Trinajstić information content (AvgIpc) is 2.54. The van der Waals surface area contributed by atoms with Crippen molar-refractivity contribution < 1.29 is 4.79 Å². The van der Waals surface area contributed by atoms with Gasteiger partial charge in [0.15, 0.2) is 0 Å². The lowest BCUT2D eigenvalue weighted by molar-refractivity contribution is -0.122. The van der Waals surface area contributed by atoms with E-state index in [0.29, 0.717) is 30.3 Å². The van der Waals surface area contributed by atoms with Crippen LogP contribution in [0.1, 0.15) is 52.9 Å². The Balaban J connectivity index is 2.20. The van der Waals surface area contributed by atoms with Crippen molar-refractivity contribution in [3.8, 4) is 0 Å². The van der Waals surface area contributed by atoms with Gasteiger partial charge in [-0.05, 0) is 43.6 Å². The number of amides is 1. The maximum absolute atomic E-state index is 11.7. The Morgan fingerprint density at radius 2 is 2.25 bits per heavy atom. The normalized spacial score (nSPS) is 25.4. The molecule has 0 aliphatic heterocycles. The van der Waals surface area contributed by atoms with Gasteiger partial charge in [-0.25, -0.2) is 0 Å². The number of nitrogens with two attached hydrogens (primary N) is 1. The Bertz CT molecular complexity index is 238. The zero-order chi connectivity index (χ0) is 12.2. The van der Waals surface area contributed by atoms with Gasteiger partial charge in [-0.3, -0.25) is 4.79 Å². The van der Waals surface area contributed by atoms with Crippen molar-refractivity contribution in [2.45, 2.75) is 58.9 Å². The van der Waals surface area contributed by atoms with Crippen molar-refractivity contribution in [3.05, 3.63) is 0 Å². The van der Waals surface area contributed by atoms with Gasteiger partial charge in [-0.15, -0.1) is 0 Å². The topological polar surface area (TPSA) is 55.1 Å². The van der Waals surface area contributed by atoms with Crippen molar-refractivity contribution >= 4 is 5.91 Å². The van der Waals surface area contributed by atoms with E-state index >= 15 is 0 Å². The number of hydrogen-bond acceptors (Lipinski definition) is 2. The Morgan fingerprint density at radius 3 is 2.75 bits per heavy atom. The summed E-state index contributed by atoms with van der Waals surface area (Å²) < 4.78 is 0. The second-order valence-corrected chi connectivity index (χ2v) is 6.05. The molecule has 0 bridgehead atoms. The van der Waals surface area contributed by atoms with Crippen LogP contribution in [0.2, 0.25) is 0 Å². The van der Waals surface area contributed by atoms with Crippen LogP contribution in [0.25, 0.3) is 0 Å². The molecule has 0 saturated heterocycles. The average molecular weight is 226 g/mol. The molecule has 3 N–H and O–H groups in total. The number of nitrogens with one attached hydrogen (secondary N) is 1. The summed E-state index contributed by atoms with van der Waals surface area (Å²) in [6, 6.07) is 0.399. The molecule has 3 heteroatoms. The molecule has 1 aliphatic rings. The van der Waals surface area contributed by atoms with Gasteiger partial charge in [0, 0.05) is 12.5 Å². The first-order valence-electron chi connectivity index (χ1n) is 6.42. The summed E-state index contributed by atoms with van der Waals surface area (Å²) in [5, 5.41) is 3.13. The molecule has 1 fully saturated rings. The van der Waals surface area contributed by atoms with Gasteiger partial charge >= 0.3 is 0 Å². The van der Waals surface area contributed by atoms with E-state index < -0.39 is 0 Å². The summed E-state index contributed by atoms with van der Waals surface area (Å²) in [7, 11) is 0. The summed E-state index contributed by atoms with van der Waals surface area (Å²) >= 11 is 0. The van der Waals surface area contributed by atoms with E-state index in [1.165, 1.54) is 6.42 Å². The molecule has 0 aromatic heterocycles. The fourth-order valence-electron chi connectivity index (χ4n) is 2.35. The quantitative estimate of drug-likeness (QED) is 0.754. The Labute approximate surface area is 99.2 Å². The highest BCUT2D eigenvalue weighted by Crippen LogP contribution is 2.36. The van der Waals surface area contributed by atoms with Gasteiger partial charge in [0.05, 0.1) is 0 Å². The summed E-state index contributed by atoms with van der Waals surface area (Å²) in [4.78, 5) is 11.7. The largest absolute Gasteiger partial charge is 0.353 e. The fourth-order valence-corrected chi connectivity index (χ4v) is 2.35. The standard InChI is InChI=1S/C13H26N2O/c1-10(9-14)4-5-12(16)15-11-6-7-13(2,3)8-11/h10-11H,4-9,14H2,1-3H3,(H,15,16). The van der Waals surface area contributed by atoms with E-state index in [2.05, 4.69) is 26.1 Å². The third kappa shape index (κ3) is 4.52. The third-order valence-corrected chi connectivity index (χ3v) is 3.60. The predicted octanol–water partition coefficient (Wildman–Crippen LogP) is 2.06. The van der Waals surface area contributed by atoms with Crippen LogP contribution in [0.5, 0.6) is 0 Å². The van der Waals surface area contributed by atoms with Gasteiger partial charge in [-0.1, -0.05) is 20.8 Å². The summed E-state index contributed by atoms with van der Waals surface area (Å²) in [5.41, 5.74) is 5.93. The summed E-state index contributed by atoms with van der Waals surface area (Å²) in [6.45, 7) is 7.31. The molecule has 1 aliphatic carbocycles. The van der Waals surface area contributed by atoms with Crippen molar-refractivity contribution in [1.29, 1.82) is 0 Å². The molecular formula is C13H26N2O. The molecule has 94 valence electrons. The lowest BCUT2D eigenvalue weighted by Gasteiger charge is -2.18. The molecule has 0 heterocycles. The fraction of sp³-hybridized carbons (Fsp3) is 0.923. The zero-order valence-corrected chi connectivity index (χ0v) is 10.9. The van der Waals surface area contributed by atoms with Gasteiger partial charge in [0.2, 0.25) is 5.91 Å². The third-order valence-electron chi connectivity index (χ3n) is 3.60. The van der Waals surface area contributed by atoms with Gasteiger partial charge < -0.3 is 11.1 Å². The lowest BCUT2D eigenvalue weighted by Crippen LogP contribution is -2.33. The predicted molar refractivity (Wildman–Crippen MR) is 67.0 cm³/mol. The van der Waals surface area contributed by atoms with E-state index in [-0.39, 0.29) is 5.91 Å². The Kier molecular flexibility index (Phi) is 4.78. The van der Waals surface area contributed by atoms with Crippen LogP contribution in [0.4, 0.5) is 0 Å². The molecule has 1 saturated carbocycles. The molecule has 1 rings (SSSR count). The highest BCUT2D eigenvalue weighted by Gasteiger charge is 2.31. The number of carbonyl (C=O) groups excluding carboxylic acids is 1. The molecule has 0 aromatic rings. The maximum atomic E-state index is 11.7. The minimum absolute atomic E-state index is 0.197. The van der Waals surface area contributed by atoms with E-state index in [1.807, 2.05) is 0 Å². The molecule has 1 amide bonds. The van der Waals surface area contributed by atoms with Crippen LogP contribution in [0, 0.1) is 11.3 Å².